The van der Waals surface area contributed by atoms with Gasteiger partial charge in [0.2, 0.25) is 23.6 Å². The average molecular weight is 444 g/mol. The van der Waals surface area contributed by atoms with E-state index in [4.69, 9.17) is 10.8 Å². The molecule has 178 valence electrons. The highest BCUT2D eigenvalue weighted by molar-refractivity contribution is 5.93. The van der Waals surface area contributed by atoms with Gasteiger partial charge in [-0.05, 0) is 24.2 Å². The number of carboxylic acids is 1. The van der Waals surface area contributed by atoms with Crippen molar-refractivity contribution in [3.8, 4) is 0 Å². The van der Waals surface area contributed by atoms with Gasteiger partial charge in [-0.25, -0.2) is 4.79 Å². The molecule has 0 radical (unpaired) electrons. The van der Waals surface area contributed by atoms with E-state index in [1.165, 1.54) is 0 Å². The van der Waals surface area contributed by atoms with Gasteiger partial charge in [0, 0.05) is 0 Å². The number of carboxylic acid groups (broad SMARTS) is 1. The predicted molar refractivity (Wildman–Crippen MR) is 115 cm³/mol. The number of amides is 4. The number of carbonyl (C=O) groups excluding carboxylic acids is 4. The van der Waals surface area contributed by atoms with Crippen molar-refractivity contribution < 1.29 is 29.1 Å². The lowest BCUT2D eigenvalue weighted by atomic mass is 10.0. The topological polar surface area (TPSA) is 180 Å². The summed E-state index contributed by atoms with van der Waals surface area (Å²) in [6, 6.07) is -2.68. The van der Waals surface area contributed by atoms with Crippen LogP contribution in [0.1, 0.15) is 48.0 Å². The molecule has 3 atom stereocenters. The van der Waals surface area contributed by atoms with Gasteiger partial charge in [-0.2, -0.15) is 0 Å². The molecule has 0 saturated carbocycles. The normalized spacial score (nSPS) is 14.0. The van der Waals surface area contributed by atoms with Crippen LogP contribution in [-0.4, -0.2) is 65.9 Å². The van der Waals surface area contributed by atoms with Crippen molar-refractivity contribution in [1.82, 2.24) is 21.3 Å². The van der Waals surface area contributed by atoms with Gasteiger partial charge in [0.1, 0.15) is 12.1 Å². The fourth-order valence-corrected chi connectivity index (χ4v) is 2.54. The summed E-state index contributed by atoms with van der Waals surface area (Å²) in [5, 5.41) is 18.7. The number of rotatable bonds is 13. The summed E-state index contributed by atoms with van der Waals surface area (Å²) in [5.74, 6) is -3.77. The van der Waals surface area contributed by atoms with Crippen LogP contribution in [0, 0.1) is 17.8 Å². The third-order valence-corrected chi connectivity index (χ3v) is 4.48. The van der Waals surface area contributed by atoms with Crippen LogP contribution in [0.5, 0.6) is 0 Å². The molecule has 7 N–H and O–H groups in total. The van der Waals surface area contributed by atoms with E-state index >= 15 is 0 Å². The number of hydrogen-bond acceptors (Lipinski definition) is 6. The van der Waals surface area contributed by atoms with Crippen molar-refractivity contribution in [2.24, 2.45) is 23.5 Å². The molecule has 0 aliphatic carbocycles. The Morgan fingerprint density at radius 2 is 1.32 bits per heavy atom. The van der Waals surface area contributed by atoms with Gasteiger partial charge in [0.05, 0.1) is 19.1 Å². The van der Waals surface area contributed by atoms with Crippen LogP contribution in [0.15, 0.2) is 0 Å². The molecule has 0 aromatic rings. The van der Waals surface area contributed by atoms with E-state index in [9.17, 15) is 24.0 Å². The molecule has 11 heteroatoms. The molecular formula is C20H37N5O6. The second kappa shape index (κ2) is 13.6. The zero-order chi connectivity index (χ0) is 24.3. The molecule has 0 aliphatic heterocycles. The summed E-state index contributed by atoms with van der Waals surface area (Å²) in [5.41, 5.74) is 5.82. The smallest absolute Gasteiger partial charge is 0.326 e. The van der Waals surface area contributed by atoms with Crippen molar-refractivity contribution in [3.05, 3.63) is 0 Å². The maximum Gasteiger partial charge on any atom is 0.326 e. The second-order valence-corrected chi connectivity index (χ2v) is 8.58. The molecule has 31 heavy (non-hydrogen) atoms. The fraction of sp³-hybridized carbons (Fsp3) is 0.750. The molecule has 11 nitrogen and oxygen atoms in total. The van der Waals surface area contributed by atoms with Crippen LogP contribution in [0.3, 0.4) is 0 Å². The van der Waals surface area contributed by atoms with Gasteiger partial charge in [-0.1, -0.05) is 41.5 Å². The summed E-state index contributed by atoms with van der Waals surface area (Å²) in [4.78, 5) is 59.5. The summed E-state index contributed by atoms with van der Waals surface area (Å²) in [6.45, 7) is 9.83. The van der Waals surface area contributed by atoms with E-state index in [0.717, 1.165) is 0 Å². The monoisotopic (exact) mass is 443 g/mol. The first-order valence-electron chi connectivity index (χ1n) is 10.4. The molecule has 0 fully saturated rings. The first-order chi connectivity index (χ1) is 14.3. The third kappa shape index (κ3) is 11.3. The molecule has 3 unspecified atom stereocenters. The van der Waals surface area contributed by atoms with E-state index < -0.39 is 60.8 Å². The van der Waals surface area contributed by atoms with Gasteiger partial charge < -0.3 is 32.1 Å². The standard InChI is InChI=1S/C20H37N5O6/c1-10(2)7-13(24-19(29)16(21)11(3)4)18(28)23-8-14(26)22-9-15(27)25-17(12(5)6)20(30)31/h10-13,16-17H,7-9,21H2,1-6H3,(H,22,26)(H,23,28)(H,24,29)(H,25,27)(H,30,31). The van der Waals surface area contributed by atoms with E-state index in [-0.39, 0.29) is 17.8 Å². The molecular weight excluding hydrogens is 406 g/mol. The maximum absolute atomic E-state index is 12.5. The molecule has 0 aliphatic rings. The number of aliphatic carboxylic acids is 1. The van der Waals surface area contributed by atoms with Crippen LogP contribution in [-0.2, 0) is 24.0 Å². The molecule has 0 bridgehead atoms. The van der Waals surface area contributed by atoms with Crippen LogP contribution < -0.4 is 27.0 Å². The zero-order valence-corrected chi connectivity index (χ0v) is 19.2. The van der Waals surface area contributed by atoms with E-state index in [1.807, 2.05) is 13.8 Å². The number of hydrogen-bond donors (Lipinski definition) is 6. The van der Waals surface area contributed by atoms with Crippen molar-refractivity contribution in [2.45, 2.75) is 66.1 Å². The third-order valence-electron chi connectivity index (χ3n) is 4.48. The molecule has 0 aromatic carbocycles. The van der Waals surface area contributed by atoms with Crippen molar-refractivity contribution in [3.63, 3.8) is 0 Å². The highest BCUT2D eigenvalue weighted by Gasteiger charge is 2.26. The zero-order valence-electron chi connectivity index (χ0n) is 19.2. The maximum atomic E-state index is 12.5. The van der Waals surface area contributed by atoms with Gasteiger partial charge in [0.15, 0.2) is 0 Å². The Hall–Kier alpha value is -2.69. The number of nitrogens with one attached hydrogen (secondary N) is 4. The summed E-state index contributed by atoms with van der Waals surface area (Å²) in [7, 11) is 0. The quantitative estimate of drug-likeness (QED) is 0.210. The Morgan fingerprint density at radius 3 is 1.77 bits per heavy atom. The van der Waals surface area contributed by atoms with E-state index in [2.05, 4.69) is 21.3 Å². The van der Waals surface area contributed by atoms with E-state index in [0.29, 0.717) is 6.42 Å². The minimum Gasteiger partial charge on any atom is -0.480 e. The van der Waals surface area contributed by atoms with Gasteiger partial charge in [0.25, 0.3) is 0 Å². The molecule has 0 spiro atoms. The SMILES string of the molecule is CC(C)CC(NC(=O)C(N)C(C)C)C(=O)NCC(=O)NCC(=O)NC(C(=O)O)C(C)C. The van der Waals surface area contributed by atoms with Crippen LogP contribution in [0.2, 0.25) is 0 Å². The van der Waals surface area contributed by atoms with E-state index in [1.54, 1.807) is 27.7 Å². The van der Waals surface area contributed by atoms with Crippen LogP contribution >= 0.6 is 0 Å². The van der Waals surface area contributed by atoms with Crippen molar-refractivity contribution in [2.75, 3.05) is 13.1 Å². The second-order valence-electron chi connectivity index (χ2n) is 8.58. The van der Waals surface area contributed by atoms with Gasteiger partial charge >= 0.3 is 5.97 Å². The Morgan fingerprint density at radius 1 is 0.774 bits per heavy atom. The summed E-state index contributed by atoms with van der Waals surface area (Å²) in [6.07, 6.45) is 0.359. The van der Waals surface area contributed by atoms with Crippen LogP contribution in [0.4, 0.5) is 0 Å². The first kappa shape index (κ1) is 28.3. The average Bonchev–Trinajstić information content (AvgIpc) is 2.66. The molecule has 0 rings (SSSR count). The highest BCUT2D eigenvalue weighted by Crippen LogP contribution is 2.07. The highest BCUT2D eigenvalue weighted by atomic mass is 16.4. The Labute approximate surface area is 183 Å². The van der Waals surface area contributed by atoms with Crippen molar-refractivity contribution in [1.29, 1.82) is 0 Å². The lowest BCUT2D eigenvalue weighted by molar-refractivity contribution is -0.143. The Kier molecular flexibility index (Phi) is 12.4. The summed E-state index contributed by atoms with van der Waals surface area (Å²) >= 11 is 0. The van der Waals surface area contributed by atoms with Crippen LogP contribution in [0.25, 0.3) is 0 Å². The lowest BCUT2D eigenvalue weighted by Gasteiger charge is -2.23. The molecule has 0 saturated heterocycles. The fourth-order valence-electron chi connectivity index (χ4n) is 2.54. The number of carbonyl (C=O) groups is 5. The first-order valence-corrected chi connectivity index (χ1v) is 10.4. The van der Waals surface area contributed by atoms with Gasteiger partial charge in [-0.3, -0.25) is 19.2 Å². The Balaban J connectivity index is 4.66. The van der Waals surface area contributed by atoms with Gasteiger partial charge in [-0.15, -0.1) is 0 Å². The Bertz CT molecular complexity index is 650. The molecule has 0 heterocycles. The predicted octanol–water partition coefficient (Wildman–Crippen LogP) is -1.04. The molecule has 0 aromatic heterocycles. The lowest BCUT2D eigenvalue weighted by Crippen LogP contribution is -2.54. The van der Waals surface area contributed by atoms with Crippen molar-refractivity contribution >= 4 is 29.6 Å². The minimum atomic E-state index is -1.17. The minimum absolute atomic E-state index is 0.101. The largest absolute Gasteiger partial charge is 0.480 e. The molecule has 4 amide bonds. The number of nitrogens with two attached hydrogens (primary N) is 1. The summed E-state index contributed by atoms with van der Waals surface area (Å²) < 4.78 is 0.